The zero-order valence-electron chi connectivity index (χ0n) is 35.5. The van der Waals surface area contributed by atoms with E-state index in [-0.39, 0.29) is 5.41 Å². The van der Waals surface area contributed by atoms with E-state index in [9.17, 15) is 0 Å². The molecule has 0 unspecified atom stereocenters. The minimum absolute atomic E-state index is 0.161. The van der Waals surface area contributed by atoms with Crippen LogP contribution in [0.3, 0.4) is 0 Å². The molecular formula is C53H43B5N2. The Bertz CT molecular complexity index is 3150. The topological polar surface area (TPSA) is 25.8 Å². The normalized spacial score (nSPS) is 12.6. The Hall–Kier alpha value is -6.58. The monoisotopic (exact) mass is 762 g/mol. The molecule has 7 heteroatoms. The van der Waals surface area contributed by atoms with Crippen LogP contribution in [0.15, 0.2) is 164 Å². The Labute approximate surface area is 358 Å². The molecule has 0 radical (unpaired) electrons. The molecule has 0 N–H and O–H groups in total. The second-order valence-electron chi connectivity index (χ2n) is 17.1. The smallest absolute Gasteiger partial charge is 0.160 e. The zero-order valence-corrected chi connectivity index (χ0v) is 35.5. The molecule has 0 aliphatic heterocycles. The summed E-state index contributed by atoms with van der Waals surface area (Å²) in [6.07, 6.45) is 0. The number of rotatable bonds is 6. The first-order chi connectivity index (χ1) is 29.1. The van der Waals surface area contributed by atoms with Crippen molar-refractivity contribution in [3.05, 3.63) is 175 Å². The third kappa shape index (κ3) is 6.18. The van der Waals surface area contributed by atoms with Gasteiger partial charge in [-0.15, -0.1) is 16.4 Å². The highest BCUT2D eigenvalue weighted by Crippen LogP contribution is 2.51. The molecule has 1 aliphatic carbocycles. The quantitative estimate of drug-likeness (QED) is 0.217. The largest absolute Gasteiger partial charge is 0.228 e. The van der Waals surface area contributed by atoms with Gasteiger partial charge >= 0.3 is 0 Å². The Morgan fingerprint density at radius 1 is 0.350 bits per heavy atom. The fraction of sp³-hybridized carbons (Fsp3) is 0.0566. The summed E-state index contributed by atoms with van der Waals surface area (Å²) in [5.41, 5.74) is 24.6. The third-order valence-corrected chi connectivity index (χ3v) is 13.5. The van der Waals surface area contributed by atoms with Crippen LogP contribution in [0.5, 0.6) is 0 Å². The van der Waals surface area contributed by atoms with Crippen LogP contribution >= 0.6 is 0 Å². The second-order valence-corrected chi connectivity index (χ2v) is 17.1. The Balaban J connectivity index is 1.07. The van der Waals surface area contributed by atoms with Crippen molar-refractivity contribution in [1.29, 1.82) is 0 Å². The number of hydrogen-bond acceptors (Lipinski definition) is 2. The lowest BCUT2D eigenvalue weighted by atomic mass is 9.59. The van der Waals surface area contributed by atoms with Gasteiger partial charge in [-0.2, -0.15) is 0 Å². The van der Waals surface area contributed by atoms with Gasteiger partial charge < -0.3 is 0 Å². The van der Waals surface area contributed by atoms with E-state index >= 15 is 0 Å². The van der Waals surface area contributed by atoms with Crippen molar-refractivity contribution in [3.63, 3.8) is 0 Å². The summed E-state index contributed by atoms with van der Waals surface area (Å²) in [6, 6.07) is 59.3. The van der Waals surface area contributed by atoms with Crippen molar-refractivity contribution in [2.24, 2.45) is 0 Å². The maximum atomic E-state index is 5.26. The molecule has 60 heavy (non-hydrogen) atoms. The number of nitrogens with zero attached hydrogens (tertiary/aromatic N) is 2. The van der Waals surface area contributed by atoms with Crippen molar-refractivity contribution >= 4 is 77.3 Å². The molecule has 0 atom stereocenters. The lowest BCUT2D eigenvalue weighted by Crippen LogP contribution is -2.55. The molecule has 0 fully saturated rings. The molecule has 280 valence electrons. The summed E-state index contributed by atoms with van der Waals surface area (Å²) in [5.74, 6) is 0.711. The summed E-state index contributed by atoms with van der Waals surface area (Å²) in [7, 11) is 11.4. The summed E-state index contributed by atoms with van der Waals surface area (Å²) in [6.45, 7) is 4.79. The Morgan fingerprint density at radius 2 is 0.833 bits per heavy atom. The average molecular weight is 762 g/mol. The minimum Gasteiger partial charge on any atom is -0.228 e. The van der Waals surface area contributed by atoms with Gasteiger partial charge in [0, 0.05) is 22.1 Å². The van der Waals surface area contributed by atoms with Gasteiger partial charge in [0.15, 0.2) is 5.82 Å². The number of fused-ring (bicyclic) bond motifs is 4. The highest BCUT2D eigenvalue weighted by atomic mass is 14.9. The Morgan fingerprint density at radius 3 is 1.50 bits per heavy atom. The van der Waals surface area contributed by atoms with Gasteiger partial charge in [-0.25, -0.2) is 9.97 Å². The van der Waals surface area contributed by atoms with Crippen LogP contribution in [-0.2, 0) is 5.41 Å². The van der Waals surface area contributed by atoms with E-state index in [0.717, 1.165) is 33.6 Å². The van der Waals surface area contributed by atoms with E-state index in [1.165, 1.54) is 88.2 Å². The van der Waals surface area contributed by atoms with E-state index < -0.39 is 0 Å². The highest BCUT2D eigenvalue weighted by molar-refractivity contribution is 6.68. The molecule has 1 heterocycles. The predicted octanol–water partition coefficient (Wildman–Crippen LogP) is 5.23. The first kappa shape index (κ1) is 37.7. The molecule has 9 aromatic rings. The lowest BCUT2D eigenvalue weighted by molar-refractivity contribution is 0.661. The van der Waals surface area contributed by atoms with Crippen molar-refractivity contribution < 1.29 is 0 Å². The third-order valence-electron chi connectivity index (χ3n) is 13.5. The standard InChI is InChI=1S/C53H43B5N2/c1-53(2)42-27-33(20-22-39(42)40-23-21-35(28-43(40)53)46-47(54)49(56)51(58)50(57)48(46)55)36-24-25-41(38-19-10-9-18-37(36)38)45-29-44(59-52(60-45)31-14-7-4-8-15-31)34-17-11-16-32(26-34)30-12-5-3-6-13-30/h3-29H,54-58H2,1-2H3. The maximum absolute atomic E-state index is 5.26. The van der Waals surface area contributed by atoms with Gasteiger partial charge in [-0.1, -0.05) is 164 Å². The van der Waals surface area contributed by atoms with E-state index in [0.29, 0.717) is 5.82 Å². The average Bonchev–Trinajstić information content (AvgIpc) is 3.52. The number of hydrogen-bond donors (Lipinski definition) is 0. The van der Waals surface area contributed by atoms with E-state index in [1.807, 2.05) is 18.2 Å². The molecule has 1 aliphatic rings. The van der Waals surface area contributed by atoms with Crippen LogP contribution < -0.4 is 27.3 Å². The fourth-order valence-electron chi connectivity index (χ4n) is 9.71. The van der Waals surface area contributed by atoms with Crippen LogP contribution in [-0.4, -0.2) is 49.2 Å². The van der Waals surface area contributed by atoms with E-state index in [2.05, 4.69) is 199 Å². The summed E-state index contributed by atoms with van der Waals surface area (Å²) in [5, 5.41) is 2.37. The maximum Gasteiger partial charge on any atom is 0.160 e. The minimum atomic E-state index is -0.161. The molecule has 8 aromatic carbocycles. The van der Waals surface area contributed by atoms with Gasteiger partial charge in [-0.05, 0) is 90.7 Å². The zero-order chi connectivity index (χ0) is 41.3. The van der Waals surface area contributed by atoms with Crippen LogP contribution in [0.25, 0.3) is 89.2 Å². The van der Waals surface area contributed by atoms with Gasteiger partial charge in [0.2, 0.25) is 0 Å². The first-order valence-electron chi connectivity index (χ1n) is 21.1. The molecule has 0 saturated carbocycles. The van der Waals surface area contributed by atoms with Crippen LogP contribution in [0.2, 0.25) is 0 Å². The molecule has 1 aromatic heterocycles. The second kappa shape index (κ2) is 14.6. The Kier molecular flexibility index (Phi) is 9.17. The summed E-state index contributed by atoms with van der Waals surface area (Å²) >= 11 is 0. The van der Waals surface area contributed by atoms with Crippen LogP contribution in [0, 0.1) is 0 Å². The van der Waals surface area contributed by atoms with E-state index in [4.69, 9.17) is 9.97 Å². The van der Waals surface area contributed by atoms with E-state index in [1.54, 1.807) is 0 Å². The predicted molar refractivity (Wildman–Crippen MR) is 271 cm³/mol. The van der Waals surface area contributed by atoms with Gasteiger partial charge in [0.25, 0.3) is 0 Å². The van der Waals surface area contributed by atoms with Crippen molar-refractivity contribution in [2.45, 2.75) is 19.3 Å². The molecule has 2 nitrogen and oxygen atoms in total. The summed E-state index contributed by atoms with van der Waals surface area (Å²) in [4.78, 5) is 10.4. The molecular weight excluding hydrogens is 719 g/mol. The van der Waals surface area contributed by atoms with Gasteiger partial charge in [-0.3, -0.25) is 0 Å². The highest BCUT2D eigenvalue weighted by Gasteiger charge is 2.36. The number of aromatic nitrogens is 2. The first-order valence-corrected chi connectivity index (χ1v) is 21.1. The van der Waals surface area contributed by atoms with Crippen molar-refractivity contribution in [2.75, 3.05) is 0 Å². The molecule has 0 bridgehead atoms. The SMILES string of the molecule is Bc1c(B)c(B)c(-c2ccc3c(c2)C(C)(C)c2cc(-c4ccc(-c5cc(-c6cccc(-c7ccccc7)c6)nc(-c6ccccc6)n5)c5ccccc45)ccc2-3)c(B)c1B. The fourth-order valence-corrected chi connectivity index (χ4v) is 9.71. The molecule has 10 rings (SSSR count). The van der Waals surface area contributed by atoms with Crippen molar-refractivity contribution in [3.8, 4) is 78.4 Å². The summed E-state index contributed by atoms with van der Waals surface area (Å²) < 4.78 is 0. The van der Waals surface area contributed by atoms with Gasteiger partial charge in [0.1, 0.15) is 39.2 Å². The molecule has 0 spiro atoms. The molecule has 0 saturated heterocycles. The van der Waals surface area contributed by atoms with Gasteiger partial charge in [0.05, 0.1) is 11.4 Å². The lowest BCUT2D eigenvalue weighted by Gasteiger charge is -2.24. The van der Waals surface area contributed by atoms with Crippen LogP contribution in [0.1, 0.15) is 25.0 Å². The van der Waals surface area contributed by atoms with Crippen LogP contribution in [0.4, 0.5) is 0 Å². The van der Waals surface area contributed by atoms with Crippen molar-refractivity contribution in [1.82, 2.24) is 9.97 Å². The number of benzene rings is 8. The molecule has 0 amide bonds.